The van der Waals surface area contributed by atoms with Crippen molar-refractivity contribution in [2.75, 3.05) is 36.1 Å². The molecule has 0 radical (unpaired) electrons. The Balaban J connectivity index is 0.000000178. The number of carboxylic acid groups (broad SMARTS) is 1. The van der Waals surface area contributed by atoms with Crippen molar-refractivity contribution in [1.82, 2.24) is 70.8 Å². The normalized spacial score (nSPS) is 18.1. The number of anilines is 4. The number of ether oxygens (including phenoxy) is 2. The summed E-state index contributed by atoms with van der Waals surface area (Å²) in [6, 6.07) is 13.4. The van der Waals surface area contributed by atoms with Gasteiger partial charge in [0.1, 0.15) is 0 Å². The average Bonchev–Trinajstić information content (AvgIpc) is 4.31. The Morgan fingerprint density at radius 2 is 1.21 bits per heavy atom. The van der Waals surface area contributed by atoms with Crippen LogP contribution in [0.4, 0.5) is 49.6 Å². The summed E-state index contributed by atoms with van der Waals surface area (Å²) in [5.41, 5.74) is 0.00483. The number of halogens is 7. The molecule has 0 saturated carbocycles. The van der Waals surface area contributed by atoms with Crippen LogP contribution in [0, 0.1) is 0 Å². The number of carboxylic acids is 1. The second kappa shape index (κ2) is 23.7. The molecule has 1 amide bonds. The topological polar surface area (TPSA) is 276 Å². The van der Waals surface area contributed by atoms with Gasteiger partial charge in [-0.25, -0.2) is 14.8 Å². The highest BCUT2D eigenvalue weighted by molar-refractivity contribution is 7.15. The van der Waals surface area contributed by atoms with Gasteiger partial charge in [0.15, 0.2) is 34.7 Å². The number of carbonyl (C=O) groups is 2. The number of fused-ring (bicyclic) bond motifs is 4. The summed E-state index contributed by atoms with van der Waals surface area (Å²) in [6.45, 7) is 3.57. The highest BCUT2D eigenvalue weighted by Gasteiger charge is 2.43. The molecule has 4 saturated heterocycles. The summed E-state index contributed by atoms with van der Waals surface area (Å²) < 4.78 is 96.0. The van der Waals surface area contributed by atoms with E-state index in [0.717, 1.165) is 35.8 Å². The van der Waals surface area contributed by atoms with Gasteiger partial charge in [-0.15, -0.1) is 55.5 Å². The van der Waals surface area contributed by atoms with Crippen molar-refractivity contribution in [3.63, 3.8) is 0 Å². The van der Waals surface area contributed by atoms with Crippen molar-refractivity contribution >= 4 is 70.2 Å². The summed E-state index contributed by atoms with van der Waals surface area (Å²) in [6.07, 6.45) is 2.32. The summed E-state index contributed by atoms with van der Waals surface area (Å²) in [5.74, 6) is -2.97. The highest BCUT2D eigenvalue weighted by atomic mass is 35.5. The molecule has 2 N–H and O–H groups in total. The van der Waals surface area contributed by atoms with Crippen LogP contribution < -0.4 is 15.1 Å². The van der Waals surface area contributed by atoms with Crippen LogP contribution in [0.1, 0.15) is 62.8 Å². The number of likely N-dealkylation sites (tertiary alicyclic amines) is 1. The summed E-state index contributed by atoms with van der Waals surface area (Å²) >= 11 is 2.35. The molecule has 0 spiro atoms. The first-order valence-corrected chi connectivity index (χ1v) is 24.0. The Morgan fingerprint density at radius 1 is 0.675 bits per heavy atom. The number of hydrogen-bond acceptors (Lipinski definition) is 23. The molecule has 77 heavy (non-hydrogen) atoms. The van der Waals surface area contributed by atoms with E-state index in [2.05, 4.69) is 75.0 Å². The van der Waals surface area contributed by atoms with Gasteiger partial charge in [0.25, 0.3) is 5.91 Å². The van der Waals surface area contributed by atoms with Crippen LogP contribution in [0.5, 0.6) is 0 Å². The Hall–Kier alpha value is -7.71. The van der Waals surface area contributed by atoms with Crippen LogP contribution >= 0.6 is 35.1 Å². The number of aromatic nitrogens is 12. The number of alkyl halides is 6. The lowest BCUT2D eigenvalue weighted by molar-refractivity contribution is -0.160. The van der Waals surface area contributed by atoms with Gasteiger partial charge >= 0.3 is 30.1 Å². The number of amides is 1. The molecule has 12 heterocycles. The number of morpholine rings is 2. The van der Waals surface area contributed by atoms with E-state index in [9.17, 15) is 35.9 Å². The number of thiophene rings is 2. The Kier molecular flexibility index (Phi) is 17.1. The van der Waals surface area contributed by atoms with Crippen LogP contribution in [0.3, 0.4) is 0 Å². The number of nitrogens with zero attached hydrogens (tertiary/aromatic N) is 15. The second-order valence-corrected chi connectivity index (χ2v) is 19.0. The van der Waals surface area contributed by atoms with Crippen LogP contribution in [0.25, 0.3) is 21.4 Å². The van der Waals surface area contributed by atoms with Crippen molar-refractivity contribution in [1.29, 1.82) is 0 Å². The van der Waals surface area contributed by atoms with Crippen molar-refractivity contribution in [2.24, 2.45) is 0 Å². The number of carbonyl (C=O) groups excluding carboxylic acids is 1. The predicted molar refractivity (Wildman–Crippen MR) is 261 cm³/mol. The Morgan fingerprint density at radius 3 is 1.56 bits per heavy atom. The van der Waals surface area contributed by atoms with Gasteiger partial charge in [-0.1, -0.05) is 17.7 Å². The van der Waals surface area contributed by atoms with Crippen LogP contribution in [-0.4, -0.2) is 133 Å². The Bertz CT molecular complexity index is 3210. The lowest BCUT2D eigenvalue weighted by atomic mass is 10.2. The summed E-state index contributed by atoms with van der Waals surface area (Å²) in [4.78, 5) is 54.8. The number of hydrogen-bond donors (Lipinski definition) is 2. The van der Waals surface area contributed by atoms with Crippen LogP contribution in [0.15, 0.2) is 94.8 Å². The molecule has 0 unspecified atom stereocenters. The van der Waals surface area contributed by atoms with Gasteiger partial charge in [-0.05, 0) is 61.4 Å². The molecular weight excluding hydrogens is 1090 g/mol. The van der Waals surface area contributed by atoms with E-state index in [0.29, 0.717) is 63.2 Å². The molecule has 404 valence electrons. The second-order valence-electron chi connectivity index (χ2n) is 16.6. The van der Waals surface area contributed by atoms with Crippen molar-refractivity contribution in [2.45, 2.75) is 70.0 Å². The first-order chi connectivity index (χ1) is 36.1. The molecule has 32 heteroatoms. The standard InChI is InChI=1S/C22H17F3N8O3S.C17H10F3N7O3S.C5H9NO.CH4.ClH/c23-22(24,25)21-28-19(31-36-21)16-3-1-14(37-16)10-33(18-8-26-5-6-27-18)17-4-2-15(29-30-17)20(34)32-9-13-7-12(32)11-35-13;18-17(19,20)16-23-14(26-30-16)11-3-1-9(31-11)8-27(13-7-21-5-6-22-13)12-4-2-10(15(28)29)24-25-12;1-4-3-7-5(1)2-6-4;;/h1-6,8,12-13H,7,9-11H2;1-7H,8H2,(H,28,29);4-6H,1-3H2;1H4;1H/t12-,13-;;4-,5-;;/m0.0../s1. The summed E-state index contributed by atoms with van der Waals surface area (Å²) in [5, 5.41) is 35.2. The molecule has 23 nitrogen and oxygen atoms in total. The van der Waals surface area contributed by atoms with Gasteiger partial charge in [-0.3, -0.25) is 14.8 Å². The van der Waals surface area contributed by atoms with E-state index in [1.54, 1.807) is 57.3 Å². The zero-order valence-electron chi connectivity index (χ0n) is 38.6. The molecule has 8 aromatic heterocycles. The van der Waals surface area contributed by atoms with Crippen LogP contribution in [0.2, 0.25) is 0 Å². The van der Waals surface area contributed by atoms with Crippen LogP contribution in [-0.2, 0) is 34.9 Å². The van der Waals surface area contributed by atoms with Gasteiger partial charge in [0.05, 0.1) is 66.7 Å². The molecule has 8 aromatic rings. The quantitative estimate of drug-likeness (QED) is 0.111. The average molecular weight is 1130 g/mol. The monoisotopic (exact) mass is 1130 g/mol. The largest absolute Gasteiger partial charge is 0.476 e. The number of aromatic carboxylic acids is 1. The fourth-order valence-corrected chi connectivity index (χ4v) is 9.87. The van der Waals surface area contributed by atoms with Gasteiger partial charge in [0.2, 0.25) is 11.6 Å². The SMILES string of the molecule is C.C1O[C@@H]2CN[C@H]1C2.Cl.O=C(O)c1ccc(N(Cc2ccc(-c3noc(C(F)(F)F)n3)s2)c2cnccn2)nn1.O=C(c1ccc(N(Cc2ccc(-c3noc(C(F)(F)F)n3)s2)c2cnccn2)nn1)N1C[C@@H]2C[C@H]1CO2. The number of rotatable bonds is 12. The lowest BCUT2D eigenvalue weighted by Gasteiger charge is -2.26. The van der Waals surface area contributed by atoms with E-state index in [1.165, 1.54) is 60.9 Å². The minimum absolute atomic E-state index is 0. The number of nitrogens with one attached hydrogen (secondary N) is 1. The maximum atomic E-state index is 12.9. The molecule has 4 bridgehead atoms. The summed E-state index contributed by atoms with van der Waals surface area (Å²) in [7, 11) is 0. The smallest absolute Gasteiger partial charge is 0.471 e. The lowest BCUT2D eigenvalue weighted by Crippen LogP contribution is -2.41. The minimum atomic E-state index is -4.73. The van der Waals surface area contributed by atoms with E-state index < -0.39 is 30.1 Å². The van der Waals surface area contributed by atoms with E-state index in [-0.39, 0.29) is 74.0 Å². The molecule has 0 aromatic carbocycles. The van der Waals surface area contributed by atoms with Crippen molar-refractivity contribution in [3.05, 3.63) is 119 Å². The maximum Gasteiger partial charge on any atom is 0.471 e. The maximum absolute atomic E-state index is 12.9. The molecule has 4 aliphatic rings. The molecule has 4 fully saturated rings. The molecule has 4 atom stereocenters. The van der Waals surface area contributed by atoms with E-state index in [4.69, 9.17) is 14.6 Å². The fraction of sp³-hybridized carbons (Fsp3) is 0.333. The highest BCUT2D eigenvalue weighted by Crippen LogP contribution is 2.36. The third-order valence-electron chi connectivity index (χ3n) is 11.5. The molecular formula is C45H41ClF6N16O7S2. The Labute approximate surface area is 445 Å². The molecule has 0 aliphatic carbocycles. The minimum Gasteiger partial charge on any atom is -0.476 e. The van der Waals surface area contributed by atoms with Gasteiger partial charge < -0.3 is 43.6 Å². The van der Waals surface area contributed by atoms with Crippen molar-refractivity contribution in [3.8, 4) is 21.4 Å². The first-order valence-electron chi connectivity index (χ1n) is 22.4. The van der Waals surface area contributed by atoms with Gasteiger partial charge in [-0.2, -0.15) is 36.3 Å². The predicted octanol–water partition coefficient (Wildman–Crippen LogP) is 7.59. The van der Waals surface area contributed by atoms with E-state index in [1.807, 2.05) is 0 Å². The van der Waals surface area contributed by atoms with Crippen molar-refractivity contribution < 1.29 is 59.6 Å². The molecule has 12 rings (SSSR count). The third-order valence-corrected chi connectivity index (χ3v) is 13.7. The fourth-order valence-electron chi connectivity index (χ4n) is 8.03. The first kappa shape index (κ1) is 55.5. The third kappa shape index (κ3) is 13.1. The zero-order chi connectivity index (χ0) is 52.3. The molecule has 4 aliphatic heterocycles. The van der Waals surface area contributed by atoms with Gasteiger partial charge in [0, 0.05) is 53.7 Å². The zero-order valence-corrected chi connectivity index (χ0v) is 41.1. The van der Waals surface area contributed by atoms with E-state index >= 15 is 0 Å².